The van der Waals surface area contributed by atoms with E-state index in [1.54, 1.807) is 0 Å². The molecule has 148 valence electrons. The molecule has 2 aliphatic heterocycles. The zero-order valence-corrected chi connectivity index (χ0v) is 16.2. The highest BCUT2D eigenvalue weighted by molar-refractivity contribution is 7.91. The van der Waals surface area contributed by atoms with Crippen LogP contribution in [0.3, 0.4) is 0 Å². The summed E-state index contributed by atoms with van der Waals surface area (Å²) in [6.07, 6.45) is 8.39. The van der Waals surface area contributed by atoms with Crippen molar-refractivity contribution in [1.82, 2.24) is 10.6 Å². The first-order valence-electron chi connectivity index (χ1n) is 10.1. The van der Waals surface area contributed by atoms with Gasteiger partial charge < -0.3 is 20.1 Å². The second kappa shape index (κ2) is 7.64. The van der Waals surface area contributed by atoms with Crippen LogP contribution in [0.5, 0.6) is 0 Å². The Bertz CT molecular complexity index is 624. The van der Waals surface area contributed by atoms with Crippen molar-refractivity contribution in [2.24, 2.45) is 10.9 Å². The number of hydrogen-bond acceptors (Lipinski definition) is 5. The molecule has 2 unspecified atom stereocenters. The first kappa shape index (κ1) is 18.5. The molecule has 2 aliphatic carbocycles. The molecular weight excluding hydrogens is 354 g/mol. The van der Waals surface area contributed by atoms with E-state index in [0.717, 1.165) is 31.6 Å². The zero-order valence-electron chi connectivity index (χ0n) is 15.4. The topological polar surface area (TPSA) is 89.0 Å². The van der Waals surface area contributed by atoms with Gasteiger partial charge in [-0.05, 0) is 31.6 Å². The van der Waals surface area contributed by atoms with Crippen LogP contribution in [0.4, 0.5) is 0 Å². The molecule has 4 fully saturated rings. The molecule has 2 saturated heterocycles. The van der Waals surface area contributed by atoms with Crippen LogP contribution in [0.15, 0.2) is 4.99 Å². The van der Waals surface area contributed by atoms with Gasteiger partial charge in [0.05, 0.1) is 24.7 Å². The minimum absolute atomic E-state index is 0.151. The number of sulfone groups is 1. The van der Waals surface area contributed by atoms with Gasteiger partial charge in [-0.25, -0.2) is 8.42 Å². The molecule has 0 radical (unpaired) electrons. The number of guanidine groups is 1. The third-order valence-electron chi connectivity index (χ3n) is 6.12. The van der Waals surface area contributed by atoms with Crippen molar-refractivity contribution in [1.29, 1.82) is 0 Å². The minimum Gasteiger partial charge on any atom is -0.354 e. The molecule has 4 aliphatic rings. The lowest BCUT2D eigenvalue weighted by Crippen LogP contribution is -2.47. The van der Waals surface area contributed by atoms with Crippen LogP contribution in [0.1, 0.15) is 51.4 Å². The van der Waals surface area contributed by atoms with Crippen LogP contribution >= 0.6 is 0 Å². The van der Waals surface area contributed by atoms with Crippen molar-refractivity contribution in [3.8, 4) is 0 Å². The van der Waals surface area contributed by atoms with Gasteiger partial charge in [-0.3, -0.25) is 4.99 Å². The number of nitrogens with zero attached hydrogens (tertiary/aromatic N) is 1. The molecular formula is C18H31N3O4S. The molecule has 8 heteroatoms. The van der Waals surface area contributed by atoms with Crippen molar-refractivity contribution in [3.05, 3.63) is 0 Å². The summed E-state index contributed by atoms with van der Waals surface area (Å²) in [5.74, 6) is 1.18. The van der Waals surface area contributed by atoms with Gasteiger partial charge in [0.2, 0.25) is 0 Å². The molecule has 0 aromatic heterocycles. The predicted molar refractivity (Wildman–Crippen MR) is 99.9 cm³/mol. The fourth-order valence-corrected chi connectivity index (χ4v) is 6.53. The van der Waals surface area contributed by atoms with Gasteiger partial charge in [-0.2, -0.15) is 0 Å². The van der Waals surface area contributed by atoms with Crippen molar-refractivity contribution in [3.63, 3.8) is 0 Å². The second-order valence-corrected chi connectivity index (χ2v) is 10.5. The van der Waals surface area contributed by atoms with E-state index in [-0.39, 0.29) is 17.7 Å². The summed E-state index contributed by atoms with van der Waals surface area (Å²) >= 11 is 0. The molecule has 2 N–H and O–H groups in total. The molecule has 0 bridgehead atoms. The summed E-state index contributed by atoms with van der Waals surface area (Å²) in [6, 6.07) is 0.760. The van der Waals surface area contributed by atoms with Gasteiger partial charge in [-0.15, -0.1) is 0 Å². The van der Waals surface area contributed by atoms with Crippen molar-refractivity contribution in [2.45, 2.75) is 69.2 Å². The largest absolute Gasteiger partial charge is 0.354 e. The van der Waals surface area contributed by atoms with Crippen LogP contribution in [-0.2, 0) is 19.3 Å². The molecule has 0 aromatic rings. The zero-order chi connectivity index (χ0) is 18.0. The average Bonchev–Trinajstić information content (AvgIpc) is 3.37. The maximum atomic E-state index is 11.7. The number of rotatable bonds is 4. The molecule has 2 saturated carbocycles. The van der Waals surface area contributed by atoms with E-state index < -0.39 is 15.6 Å². The Hall–Kier alpha value is -0.860. The van der Waals surface area contributed by atoms with Gasteiger partial charge in [-0.1, -0.05) is 12.8 Å². The van der Waals surface area contributed by atoms with E-state index in [9.17, 15) is 8.42 Å². The van der Waals surface area contributed by atoms with Crippen molar-refractivity contribution in [2.75, 3.05) is 31.3 Å². The number of ether oxygens (including phenoxy) is 2. The predicted octanol–water partition coefficient (Wildman–Crippen LogP) is 1.19. The number of hydrogen-bond donors (Lipinski definition) is 2. The Labute approximate surface area is 156 Å². The molecule has 0 aromatic carbocycles. The standard InChI is InChI=1S/C18H31N3O4S/c22-26(23)10-6-14(13-26)12-19-17(20-15-3-1-2-4-15)21-16-5-7-18(11-16)24-8-9-25-18/h14-16H,1-13H2,(H2,19,20,21). The maximum Gasteiger partial charge on any atom is 0.191 e. The summed E-state index contributed by atoms with van der Waals surface area (Å²) in [5, 5.41) is 7.14. The summed E-state index contributed by atoms with van der Waals surface area (Å²) < 4.78 is 35.0. The molecule has 1 spiro atoms. The maximum absolute atomic E-state index is 11.7. The SMILES string of the molecule is O=S1(=O)CCC(CN=C(NC2CCCC2)NC2CCC3(C2)OCCO3)C1. The van der Waals surface area contributed by atoms with E-state index in [2.05, 4.69) is 10.6 Å². The number of nitrogens with one attached hydrogen (secondary N) is 2. The first-order chi connectivity index (χ1) is 12.5. The summed E-state index contributed by atoms with van der Waals surface area (Å²) in [5.41, 5.74) is 0. The van der Waals surface area contributed by atoms with Gasteiger partial charge in [0, 0.05) is 31.5 Å². The second-order valence-electron chi connectivity index (χ2n) is 8.28. The summed E-state index contributed by atoms with van der Waals surface area (Å²) in [6.45, 7) is 1.94. The van der Waals surface area contributed by atoms with Gasteiger partial charge in [0.1, 0.15) is 0 Å². The monoisotopic (exact) mass is 385 g/mol. The van der Waals surface area contributed by atoms with E-state index in [4.69, 9.17) is 14.5 Å². The smallest absolute Gasteiger partial charge is 0.191 e. The lowest BCUT2D eigenvalue weighted by molar-refractivity contribution is -0.151. The van der Waals surface area contributed by atoms with Crippen LogP contribution in [0, 0.1) is 5.92 Å². The van der Waals surface area contributed by atoms with Crippen LogP contribution in [-0.4, -0.2) is 63.5 Å². The molecule has 2 atom stereocenters. The normalized spacial score (nSPS) is 33.9. The molecule has 2 heterocycles. The summed E-state index contributed by atoms with van der Waals surface area (Å²) in [7, 11) is -2.85. The van der Waals surface area contributed by atoms with Crippen LogP contribution in [0.25, 0.3) is 0 Å². The third kappa shape index (κ3) is 4.51. The number of aliphatic imine (C=N–C) groups is 1. The van der Waals surface area contributed by atoms with Gasteiger partial charge >= 0.3 is 0 Å². The first-order valence-corrected chi connectivity index (χ1v) is 11.9. The van der Waals surface area contributed by atoms with Gasteiger partial charge in [0.25, 0.3) is 0 Å². The van der Waals surface area contributed by atoms with Crippen molar-refractivity contribution < 1.29 is 17.9 Å². The van der Waals surface area contributed by atoms with Crippen molar-refractivity contribution >= 4 is 15.8 Å². The fraction of sp³-hybridized carbons (Fsp3) is 0.944. The Balaban J connectivity index is 1.36. The average molecular weight is 386 g/mol. The molecule has 0 amide bonds. The lowest BCUT2D eigenvalue weighted by Gasteiger charge is -2.24. The highest BCUT2D eigenvalue weighted by Crippen LogP contribution is 2.37. The highest BCUT2D eigenvalue weighted by Gasteiger charge is 2.44. The Morgan fingerprint density at radius 2 is 1.77 bits per heavy atom. The van der Waals surface area contributed by atoms with Crippen LogP contribution in [0.2, 0.25) is 0 Å². The van der Waals surface area contributed by atoms with Gasteiger partial charge in [0.15, 0.2) is 21.6 Å². The third-order valence-corrected chi connectivity index (χ3v) is 7.95. The molecule has 4 rings (SSSR count). The molecule has 7 nitrogen and oxygen atoms in total. The molecule has 26 heavy (non-hydrogen) atoms. The Morgan fingerprint density at radius 3 is 2.46 bits per heavy atom. The van der Waals surface area contributed by atoms with E-state index in [0.29, 0.717) is 31.6 Å². The highest BCUT2D eigenvalue weighted by atomic mass is 32.2. The Morgan fingerprint density at radius 1 is 1.04 bits per heavy atom. The summed E-state index contributed by atoms with van der Waals surface area (Å²) in [4.78, 5) is 4.76. The minimum atomic E-state index is -2.85. The Kier molecular flexibility index (Phi) is 5.43. The van der Waals surface area contributed by atoms with E-state index >= 15 is 0 Å². The van der Waals surface area contributed by atoms with E-state index in [1.807, 2.05) is 0 Å². The van der Waals surface area contributed by atoms with Crippen LogP contribution < -0.4 is 10.6 Å². The fourth-order valence-electron chi connectivity index (χ4n) is 4.68. The van der Waals surface area contributed by atoms with E-state index in [1.165, 1.54) is 25.7 Å². The lowest BCUT2D eigenvalue weighted by atomic mass is 10.1. The quantitative estimate of drug-likeness (QED) is 0.558.